The van der Waals surface area contributed by atoms with Crippen molar-refractivity contribution >= 4 is 28.9 Å². The van der Waals surface area contributed by atoms with Gasteiger partial charge in [0.1, 0.15) is 6.04 Å². The second-order valence-corrected chi connectivity index (χ2v) is 6.62. The number of benzene rings is 2. The van der Waals surface area contributed by atoms with Crippen LogP contribution in [0, 0.1) is 0 Å². The lowest BCUT2D eigenvalue weighted by molar-refractivity contribution is -0.144. The number of esters is 1. The number of ether oxygens (including phenoxy) is 1. The van der Waals surface area contributed by atoms with Crippen molar-refractivity contribution in [3.8, 4) is 0 Å². The third-order valence-corrected chi connectivity index (χ3v) is 4.57. The van der Waals surface area contributed by atoms with E-state index in [0.29, 0.717) is 13.0 Å². The molecule has 5 nitrogen and oxygen atoms in total. The van der Waals surface area contributed by atoms with Crippen LogP contribution in [-0.4, -0.2) is 29.6 Å². The van der Waals surface area contributed by atoms with Crippen LogP contribution in [0.4, 0.5) is 0 Å². The molecule has 0 aliphatic carbocycles. The number of nitrogens with one attached hydrogen (secondary N) is 1. The fourth-order valence-corrected chi connectivity index (χ4v) is 3.30. The van der Waals surface area contributed by atoms with Gasteiger partial charge in [0.2, 0.25) is 5.91 Å². The second-order valence-electron chi connectivity index (χ2n) is 6.62. The molecule has 5 heteroatoms. The van der Waals surface area contributed by atoms with Gasteiger partial charge >= 0.3 is 5.97 Å². The average Bonchev–Trinajstić information content (AvgIpc) is 3.05. The van der Waals surface area contributed by atoms with Crippen molar-refractivity contribution in [1.29, 1.82) is 0 Å². The number of hydrogen-bond acceptors (Lipinski definition) is 3. The molecule has 1 N–H and O–H groups in total. The Morgan fingerprint density at radius 3 is 2.54 bits per heavy atom. The molecule has 0 bridgehead atoms. The summed E-state index contributed by atoms with van der Waals surface area (Å²) in [6.07, 6.45) is 6.61. The Morgan fingerprint density at radius 2 is 1.82 bits per heavy atom. The number of fused-ring (bicyclic) bond motifs is 1. The van der Waals surface area contributed by atoms with Crippen LogP contribution in [0.2, 0.25) is 0 Å². The molecule has 1 atom stereocenters. The maximum Gasteiger partial charge on any atom is 0.328 e. The van der Waals surface area contributed by atoms with Gasteiger partial charge in [0.15, 0.2) is 0 Å². The molecule has 3 rings (SSSR count). The summed E-state index contributed by atoms with van der Waals surface area (Å²) in [6, 6.07) is 17.5. The van der Waals surface area contributed by atoms with E-state index >= 15 is 0 Å². The van der Waals surface area contributed by atoms with Crippen LogP contribution in [0.1, 0.15) is 18.1 Å². The van der Waals surface area contributed by atoms with E-state index in [1.165, 1.54) is 14.0 Å². The van der Waals surface area contributed by atoms with Gasteiger partial charge in [-0.25, -0.2) is 4.79 Å². The molecule has 0 saturated carbocycles. The zero-order chi connectivity index (χ0) is 19.9. The van der Waals surface area contributed by atoms with Gasteiger partial charge in [-0.1, -0.05) is 60.7 Å². The van der Waals surface area contributed by atoms with E-state index in [2.05, 4.69) is 40.2 Å². The first-order valence-corrected chi connectivity index (χ1v) is 9.21. The average molecular weight is 376 g/mol. The number of carbonyl (C=O) groups excluding carboxylic acids is 2. The SMILES string of the molecule is COC(=O)[C@H](Cc1cn(C/C=C/c2ccccc2)c2ccccc12)NC(C)=O. The molecule has 0 spiro atoms. The number of nitrogens with zero attached hydrogens (tertiary/aromatic N) is 1. The van der Waals surface area contributed by atoms with Gasteiger partial charge in [0, 0.05) is 37.0 Å². The van der Waals surface area contributed by atoms with Crippen molar-refractivity contribution in [2.24, 2.45) is 0 Å². The van der Waals surface area contributed by atoms with E-state index in [4.69, 9.17) is 4.74 Å². The Kier molecular flexibility index (Phi) is 6.27. The van der Waals surface area contributed by atoms with E-state index in [0.717, 1.165) is 22.0 Å². The van der Waals surface area contributed by atoms with Crippen LogP contribution < -0.4 is 5.32 Å². The van der Waals surface area contributed by atoms with E-state index in [-0.39, 0.29) is 5.91 Å². The third-order valence-electron chi connectivity index (χ3n) is 4.57. The number of amides is 1. The zero-order valence-electron chi connectivity index (χ0n) is 16.1. The summed E-state index contributed by atoms with van der Waals surface area (Å²) in [5, 5.41) is 3.75. The number of para-hydroxylation sites is 1. The molecule has 0 fully saturated rings. The Hall–Kier alpha value is -3.34. The third kappa shape index (κ3) is 4.68. The highest BCUT2D eigenvalue weighted by Crippen LogP contribution is 2.23. The minimum absolute atomic E-state index is 0.259. The highest BCUT2D eigenvalue weighted by atomic mass is 16.5. The van der Waals surface area contributed by atoms with Crippen LogP contribution in [0.15, 0.2) is 66.9 Å². The Balaban J connectivity index is 1.86. The van der Waals surface area contributed by atoms with Crippen molar-refractivity contribution in [1.82, 2.24) is 9.88 Å². The minimum atomic E-state index is -0.707. The molecule has 2 aromatic carbocycles. The van der Waals surface area contributed by atoms with Gasteiger partial charge in [-0.2, -0.15) is 0 Å². The van der Waals surface area contributed by atoms with E-state index in [9.17, 15) is 9.59 Å². The number of carbonyl (C=O) groups is 2. The highest BCUT2D eigenvalue weighted by molar-refractivity contribution is 5.87. The molecule has 0 unspecified atom stereocenters. The second kappa shape index (κ2) is 9.04. The summed E-state index contributed by atoms with van der Waals surface area (Å²) in [5.41, 5.74) is 3.23. The lowest BCUT2D eigenvalue weighted by Crippen LogP contribution is -2.41. The van der Waals surface area contributed by atoms with Gasteiger partial charge in [-0.15, -0.1) is 0 Å². The number of hydrogen-bond donors (Lipinski definition) is 1. The first kappa shape index (κ1) is 19.4. The number of rotatable bonds is 7. The quantitative estimate of drug-likeness (QED) is 0.641. The van der Waals surface area contributed by atoms with Crippen molar-refractivity contribution in [3.05, 3.63) is 78.0 Å². The van der Waals surface area contributed by atoms with Gasteiger partial charge in [-0.05, 0) is 17.2 Å². The number of methoxy groups -OCH3 is 1. The molecule has 0 saturated heterocycles. The van der Waals surface area contributed by atoms with Crippen molar-refractivity contribution in [3.63, 3.8) is 0 Å². The van der Waals surface area contributed by atoms with Crippen LogP contribution in [-0.2, 0) is 27.3 Å². The topological polar surface area (TPSA) is 60.3 Å². The Labute approximate surface area is 164 Å². The summed E-state index contributed by atoms with van der Waals surface area (Å²) in [7, 11) is 1.33. The van der Waals surface area contributed by atoms with Crippen LogP contribution in [0.5, 0.6) is 0 Å². The summed E-state index contributed by atoms with van der Waals surface area (Å²) in [6.45, 7) is 2.10. The van der Waals surface area contributed by atoms with Crippen LogP contribution in [0.3, 0.4) is 0 Å². The lowest BCUT2D eigenvalue weighted by atomic mass is 10.1. The molecule has 1 amide bonds. The fourth-order valence-electron chi connectivity index (χ4n) is 3.30. The summed E-state index contributed by atoms with van der Waals surface area (Å²) in [5.74, 6) is -0.707. The van der Waals surface area contributed by atoms with Gasteiger partial charge in [0.25, 0.3) is 0 Å². The van der Waals surface area contributed by atoms with Crippen molar-refractivity contribution in [2.75, 3.05) is 7.11 Å². The molecule has 1 aromatic heterocycles. The van der Waals surface area contributed by atoms with E-state index in [1.54, 1.807) is 0 Å². The first-order valence-electron chi connectivity index (χ1n) is 9.21. The summed E-state index contributed by atoms with van der Waals surface area (Å²) in [4.78, 5) is 23.5. The van der Waals surface area contributed by atoms with Crippen LogP contribution >= 0.6 is 0 Å². The maximum atomic E-state index is 12.1. The lowest BCUT2D eigenvalue weighted by Gasteiger charge is -2.14. The maximum absolute atomic E-state index is 12.1. The standard InChI is InChI=1S/C23H24N2O3/c1-17(26)24-21(23(27)28-2)15-19-16-25(22-13-7-6-12-20(19)22)14-8-11-18-9-4-3-5-10-18/h3-13,16,21H,14-15H2,1-2H3,(H,24,26)/b11-8+/t21-/m0/s1. The predicted molar refractivity (Wildman–Crippen MR) is 111 cm³/mol. The largest absolute Gasteiger partial charge is 0.467 e. The highest BCUT2D eigenvalue weighted by Gasteiger charge is 2.22. The molecule has 144 valence electrons. The number of aromatic nitrogens is 1. The van der Waals surface area contributed by atoms with Crippen molar-refractivity contribution < 1.29 is 14.3 Å². The number of allylic oxidation sites excluding steroid dienone is 1. The van der Waals surface area contributed by atoms with Gasteiger partial charge < -0.3 is 14.6 Å². The summed E-state index contributed by atoms with van der Waals surface area (Å²) < 4.78 is 6.99. The van der Waals surface area contributed by atoms with Gasteiger partial charge in [0.05, 0.1) is 7.11 Å². The molecule has 28 heavy (non-hydrogen) atoms. The molecule has 1 heterocycles. The predicted octanol–water partition coefficient (Wildman–Crippen LogP) is 3.57. The van der Waals surface area contributed by atoms with Gasteiger partial charge in [-0.3, -0.25) is 4.79 Å². The normalized spacial score (nSPS) is 12.2. The smallest absolute Gasteiger partial charge is 0.328 e. The zero-order valence-corrected chi connectivity index (χ0v) is 16.1. The molecular weight excluding hydrogens is 352 g/mol. The minimum Gasteiger partial charge on any atom is -0.467 e. The summed E-state index contributed by atoms with van der Waals surface area (Å²) >= 11 is 0. The monoisotopic (exact) mass is 376 g/mol. The van der Waals surface area contributed by atoms with E-state index < -0.39 is 12.0 Å². The first-order chi connectivity index (χ1) is 13.6. The van der Waals surface area contributed by atoms with Crippen molar-refractivity contribution in [2.45, 2.75) is 25.9 Å². The Morgan fingerprint density at radius 1 is 1.11 bits per heavy atom. The molecule has 0 aliphatic rings. The molecular formula is C23H24N2O3. The molecule has 3 aromatic rings. The fraction of sp³-hybridized carbons (Fsp3) is 0.217. The molecule has 0 radical (unpaired) electrons. The van der Waals surface area contributed by atoms with Crippen LogP contribution in [0.25, 0.3) is 17.0 Å². The Bertz CT molecular complexity index is 990. The van der Waals surface area contributed by atoms with E-state index in [1.807, 2.05) is 42.6 Å². The molecule has 0 aliphatic heterocycles.